The summed E-state index contributed by atoms with van der Waals surface area (Å²) in [7, 11) is 0. The summed E-state index contributed by atoms with van der Waals surface area (Å²) in [5, 5.41) is 23.3. The van der Waals surface area contributed by atoms with Gasteiger partial charge in [-0.05, 0) is 51.4 Å². The fourth-order valence-corrected chi connectivity index (χ4v) is 10.7. The molecule has 434 valence electrons. The Morgan fingerprint density at radius 2 is 0.644 bits per heavy atom. The van der Waals surface area contributed by atoms with Gasteiger partial charge in [0.25, 0.3) is 0 Å². The van der Waals surface area contributed by atoms with Crippen molar-refractivity contribution in [2.24, 2.45) is 0 Å². The Kier molecular flexibility index (Phi) is 61.9. The first kappa shape index (κ1) is 71.6. The molecule has 0 saturated carbocycles. The van der Waals surface area contributed by atoms with E-state index in [1.165, 1.54) is 308 Å². The number of carbonyl (C=O) groups excluding carboxylic acids is 2. The third-order valence-electron chi connectivity index (χ3n) is 15.8. The van der Waals surface area contributed by atoms with E-state index in [0.29, 0.717) is 25.9 Å². The molecule has 0 aliphatic carbocycles. The molecule has 0 aliphatic heterocycles. The Morgan fingerprint density at radius 1 is 0.370 bits per heavy atom. The second kappa shape index (κ2) is 63.1. The molecule has 0 fully saturated rings. The van der Waals surface area contributed by atoms with Crippen LogP contribution in [0, 0.1) is 0 Å². The van der Waals surface area contributed by atoms with Gasteiger partial charge in [-0.3, -0.25) is 9.59 Å². The Hall–Kier alpha value is -1.40. The molecule has 73 heavy (non-hydrogen) atoms. The van der Waals surface area contributed by atoms with Crippen molar-refractivity contribution >= 4 is 11.9 Å². The van der Waals surface area contributed by atoms with Crippen LogP contribution in [0.15, 0.2) is 12.2 Å². The molecule has 0 heterocycles. The number of ether oxygens (including phenoxy) is 1. The van der Waals surface area contributed by atoms with E-state index >= 15 is 0 Å². The lowest BCUT2D eigenvalue weighted by molar-refractivity contribution is -0.143. The highest BCUT2D eigenvalue weighted by Crippen LogP contribution is 2.19. The minimum absolute atomic E-state index is 0.0187. The number of hydrogen-bond acceptors (Lipinski definition) is 5. The van der Waals surface area contributed by atoms with Crippen molar-refractivity contribution in [2.45, 2.75) is 392 Å². The third-order valence-corrected chi connectivity index (χ3v) is 15.8. The van der Waals surface area contributed by atoms with E-state index in [4.69, 9.17) is 4.74 Å². The lowest BCUT2D eigenvalue weighted by atomic mass is 10.0. The van der Waals surface area contributed by atoms with Gasteiger partial charge in [-0.2, -0.15) is 0 Å². The highest BCUT2D eigenvalue weighted by atomic mass is 16.5. The van der Waals surface area contributed by atoms with Crippen LogP contribution in [0.1, 0.15) is 380 Å². The monoisotopic (exact) mass is 1030 g/mol. The topological polar surface area (TPSA) is 95.9 Å². The molecule has 6 nitrogen and oxygen atoms in total. The van der Waals surface area contributed by atoms with Gasteiger partial charge in [0.15, 0.2) is 0 Å². The number of aliphatic hydroxyl groups excluding tert-OH is 2. The van der Waals surface area contributed by atoms with Gasteiger partial charge in [-0.25, -0.2) is 0 Å². The van der Waals surface area contributed by atoms with E-state index in [0.717, 1.165) is 38.5 Å². The molecule has 0 bridgehead atoms. The Bertz CT molecular complexity index is 1100. The first-order chi connectivity index (χ1) is 36.0. The Balaban J connectivity index is 3.35. The normalized spacial score (nSPS) is 12.5. The summed E-state index contributed by atoms with van der Waals surface area (Å²) in [6.07, 6.45) is 76.7. The van der Waals surface area contributed by atoms with Crippen LogP contribution in [0.5, 0.6) is 0 Å². The molecule has 1 amide bonds. The molecular formula is C67H131NO5. The SMILES string of the molecule is CCCCCCCCCCCCCCCCCCCCC(=O)OCCCCCCCCCCCCCC/C=C\CCCCCCCCCCCC(=O)NC(CO)C(O)CCCCCCCCCCCCCCC. The van der Waals surface area contributed by atoms with Gasteiger partial charge < -0.3 is 20.3 Å². The predicted molar refractivity (Wildman–Crippen MR) is 320 cm³/mol. The van der Waals surface area contributed by atoms with Gasteiger partial charge in [0.1, 0.15) is 0 Å². The summed E-state index contributed by atoms with van der Waals surface area (Å²) in [6, 6.07) is -0.542. The summed E-state index contributed by atoms with van der Waals surface area (Å²) < 4.78 is 5.51. The van der Waals surface area contributed by atoms with E-state index in [-0.39, 0.29) is 18.5 Å². The van der Waals surface area contributed by atoms with Crippen LogP contribution in [0.25, 0.3) is 0 Å². The van der Waals surface area contributed by atoms with Crippen LogP contribution >= 0.6 is 0 Å². The second-order valence-corrected chi connectivity index (χ2v) is 23.2. The molecule has 0 aliphatic rings. The molecule has 0 saturated heterocycles. The molecule has 0 aromatic rings. The Labute approximate surface area is 457 Å². The van der Waals surface area contributed by atoms with Crippen molar-refractivity contribution in [3.63, 3.8) is 0 Å². The number of amides is 1. The van der Waals surface area contributed by atoms with Crippen molar-refractivity contribution < 1.29 is 24.5 Å². The standard InChI is InChI=1S/C67H131NO5/c1-3-5-7-9-11-13-15-17-18-19-30-33-37-41-45-49-53-57-61-67(72)73-62-58-54-50-46-42-38-34-31-28-26-24-22-20-21-23-25-27-29-32-36-40-44-48-52-56-60-66(71)68-64(63-69)65(70)59-55-51-47-43-39-35-16-14-12-10-8-6-4-2/h21,23,64-65,69-70H,3-20,22,24-63H2,1-2H3,(H,68,71)/b23-21-. The van der Waals surface area contributed by atoms with Crippen LogP contribution in [-0.2, 0) is 14.3 Å². The first-order valence-electron chi connectivity index (χ1n) is 33.4. The van der Waals surface area contributed by atoms with Gasteiger partial charge in [-0.15, -0.1) is 0 Å². The highest BCUT2D eigenvalue weighted by molar-refractivity contribution is 5.76. The summed E-state index contributed by atoms with van der Waals surface area (Å²) in [5.41, 5.74) is 0. The maximum atomic E-state index is 12.5. The first-order valence-corrected chi connectivity index (χ1v) is 33.4. The van der Waals surface area contributed by atoms with Gasteiger partial charge in [0.05, 0.1) is 25.4 Å². The van der Waals surface area contributed by atoms with E-state index in [9.17, 15) is 19.8 Å². The van der Waals surface area contributed by atoms with E-state index in [1.54, 1.807) is 0 Å². The Morgan fingerprint density at radius 3 is 0.973 bits per heavy atom. The second-order valence-electron chi connectivity index (χ2n) is 23.2. The number of allylic oxidation sites excluding steroid dienone is 2. The number of rotatable bonds is 63. The quantitative estimate of drug-likeness (QED) is 0.0320. The predicted octanol–water partition coefficient (Wildman–Crippen LogP) is 21.2. The number of hydrogen-bond donors (Lipinski definition) is 3. The fourth-order valence-electron chi connectivity index (χ4n) is 10.7. The molecule has 0 spiro atoms. The lowest BCUT2D eigenvalue weighted by Gasteiger charge is -2.22. The van der Waals surface area contributed by atoms with Crippen LogP contribution in [0.2, 0.25) is 0 Å². The summed E-state index contributed by atoms with van der Waals surface area (Å²) >= 11 is 0. The largest absolute Gasteiger partial charge is 0.466 e. The van der Waals surface area contributed by atoms with Gasteiger partial charge in [0, 0.05) is 12.8 Å². The summed E-state index contributed by atoms with van der Waals surface area (Å²) in [4.78, 5) is 24.6. The molecule has 3 N–H and O–H groups in total. The molecule has 0 radical (unpaired) electrons. The summed E-state index contributed by atoms with van der Waals surface area (Å²) in [5.74, 6) is -0.0174. The average Bonchev–Trinajstić information content (AvgIpc) is 3.39. The molecule has 6 heteroatoms. The van der Waals surface area contributed by atoms with Crippen molar-refractivity contribution in [2.75, 3.05) is 13.2 Å². The van der Waals surface area contributed by atoms with Crippen molar-refractivity contribution in [3.8, 4) is 0 Å². The van der Waals surface area contributed by atoms with Crippen molar-refractivity contribution in [1.82, 2.24) is 5.32 Å². The van der Waals surface area contributed by atoms with Gasteiger partial charge in [0.2, 0.25) is 5.91 Å². The maximum absolute atomic E-state index is 12.5. The zero-order valence-corrected chi connectivity index (χ0v) is 49.6. The smallest absolute Gasteiger partial charge is 0.305 e. The van der Waals surface area contributed by atoms with E-state index in [2.05, 4.69) is 31.3 Å². The average molecular weight is 1030 g/mol. The molecule has 2 unspecified atom stereocenters. The van der Waals surface area contributed by atoms with Gasteiger partial charge >= 0.3 is 5.97 Å². The molecule has 0 aromatic heterocycles. The third kappa shape index (κ3) is 59.7. The molecule has 0 aromatic carbocycles. The van der Waals surface area contributed by atoms with Crippen molar-refractivity contribution in [3.05, 3.63) is 12.2 Å². The van der Waals surface area contributed by atoms with E-state index in [1.807, 2.05) is 0 Å². The lowest BCUT2D eigenvalue weighted by Crippen LogP contribution is -2.45. The van der Waals surface area contributed by atoms with Crippen molar-refractivity contribution in [1.29, 1.82) is 0 Å². The number of aliphatic hydroxyl groups is 2. The maximum Gasteiger partial charge on any atom is 0.305 e. The minimum Gasteiger partial charge on any atom is -0.466 e. The minimum atomic E-state index is -0.665. The molecule has 0 rings (SSSR count). The number of carbonyl (C=O) groups is 2. The summed E-state index contributed by atoms with van der Waals surface area (Å²) in [6.45, 7) is 4.98. The number of nitrogens with one attached hydrogen (secondary N) is 1. The zero-order chi connectivity index (χ0) is 52.9. The number of unbranched alkanes of at least 4 members (excludes halogenated alkanes) is 50. The molecular weight excluding hydrogens is 899 g/mol. The van der Waals surface area contributed by atoms with Crippen LogP contribution in [0.4, 0.5) is 0 Å². The molecule has 2 atom stereocenters. The van der Waals surface area contributed by atoms with E-state index < -0.39 is 12.1 Å². The van der Waals surface area contributed by atoms with Crippen LogP contribution in [0.3, 0.4) is 0 Å². The highest BCUT2D eigenvalue weighted by Gasteiger charge is 2.20. The van der Waals surface area contributed by atoms with Gasteiger partial charge in [-0.1, -0.05) is 328 Å². The fraction of sp³-hybridized carbons (Fsp3) is 0.940. The zero-order valence-electron chi connectivity index (χ0n) is 49.6. The van der Waals surface area contributed by atoms with Crippen LogP contribution in [-0.4, -0.2) is 47.4 Å². The van der Waals surface area contributed by atoms with Crippen LogP contribution < -0.4 is 5.32 Å². The number of esters is 1.